The van der Waals surface area contributed by atoms with Crippen LogP contribution in [0.4, 0.5) is 5.82 Å². The van der Waals surface area contributed by atoms with Gasteiger partial charge in [0.1, 0.15) is 11.4 Å². The summed E-state index contributed by atoms with van der Waals surface area (Å²) in [6, 6.07) is 15.8. The van der Waals surface area contributed by atoms with Gasteiger partial charge in [0.25, 0.3) is 11.5 Å². The number of nitrogen functional groups attached to an aromatic ring is 1. The molecule has 6 rings (SSSR count). The second kappa shape index (κ2) is 9.95. The summed E-state index contributed by atoms with van der Waals surface area (Å²) >= 11 is 1.51. The molecule has 0 bridgehead atoms. The molecule has 0 aliphatic rings. The lowest BCUT2D eigenvalue weighted by atomic mass is 10.1. The van der Waals surface area contributed by atoms with Crippen molar-refractivity contribution in [2.24, 2.45) is 0 Å². The summed E-state index contributed by atoms with van der Waals surface area (Å²) in [7, 11) is 0. The molecule has 4 heterocycles. The third-order valence-electron chi connectivity index (χ3n) is 6.23. The van der Waals surface area contributed by atoms with Crippen molar-refractivity contribution in [3.63, 3.8) is 0 Å². The molecule has 1 amide bonds. The summed E-state index contributed by atoms with van der Waals surface area (Å²) in [5.74, 6) is -0.0368. The molecule has 0 aliphatic heterocycles. The quantitative estimate of drug-likeness (QED) is 0.328. The number of fused-ring (bicyclic) bond motifs is 2. The molecule has 6 aromatic rings. The third-order valence-corrected chi connectivity index (χ3v) is 6.97. The molecule has 0 spiro atoms. The number of aromatic nitrogens is 6. The van der Waals surface area contributed by atoms with Gasteiger partial charge in [-0.25, -0.2) is 14.5 Å². The fourth-order valence-corrected chi connectivity index (χ4v) is 4.98. The van der Waals surface area contributed by atoms with Crippen molar-refractivity contribution in [2.75, 3.05) is 5.73 Å². The van der Waals surface area contributed by atoms with Gasteiger partial charge in [0.05, 0.1) is 28.1 Å². The molecule has 11 heteroatoms. The van der Waals surface area contributed by atoms with E-state index in [0.717, 1.165) is 10.4 Å². The van der Waals surface area contributed by atoms with E-state index in [-0.39, 0.29) is 16.9 Å². The van der Waals surface area contributed by atoms with E-state index in [1.165, 1.54) is 20.4 Å². The number of hydrogen-bond acceptors (Lipinski definition) is 8. The van der Waals surface area contributed by atoms with Gasteiger partial charge >= 0.3 is 0 Å². The van der Waals surface area contributed by atoms with Crippen LogP contribution >= 0.6 is 11.3 Å². The van der Waals surface area contributed by atoms with Crippen LogP contribution in [-0.2, 0) is 0 Å². The smallest absolute Gasteiger partial charge is 0.266 e. The first-order chi connectivity index (χ1) is 19.0. The number of amides is 1. The molecule has 192 valence electrons. The van der Waals surface area contributed by atoms with Crippen LogP contribution < -0.4 is 16.6 Å². The lowest BCUT2D eigenvalue weighted by Crippen LogP contribution is -2.33. The molecule has 1 unspecified atom stereocenters. The second-order valence-electron chi connectivity index (χ2n) is 8.77. The predicted molar refractivity (Wildman–Crippen MR) is 152 cm³/mol. The Labute approximate surface area is 226 Å². The van der Waals surface area contributed by atoms with E-state index in [2.05, 4.69) is 20.4 Å². The Hall–Kier alpha value is -5.16. The van der Waals surface area contributed by atoms with Crippen LogP contribution in [0.3, 0.4) is 0 Å². The number of anilines is 1. The molecule has 39 heavy (non-hydrogen) atoms. The average Bonchev–Trinajstić information content (AvgIpc) is 3.59. The minimum absolute atomic E-state index is 0.0580. The normalized spacial score (nSPS) is 12.3. The van der Waals surface area contributed by atoms with Gasteiger partial charge in [-0.3, -0.25) is 19.1 Å². The fraction of sp³-hybridized carbons (Fsp3) is 0.0714. The number of nitrogens with two attached hydrogens (primary N) is 1. The van der Waals surface area contributed by atoms with Crippen LogP contribution in [0.15, 0.2) is 83.5 Å². The van der Waals surface area contributed by atoms with Gasteiger partial charge in [-0.1, -0.05) is 36.4 Å². The number of thiazole rings is 1. The van der Waals surface area contributed by atoms with Crippen molar-refractivity contribution in [3.8, 4) is 5.69 Å². The molecular weight excluding hydrogens is 512 g/mol. The van der Waals surface area contributed by atoms with E-state index in [1.807, 2.05) is 54.6 Å². The topological polar surface area (TPSA) is 133 Å². The maximum absolute atomic E-state index is 14.1. The lowest BCUT2D eigenvalue weighted by molar-refractivity contribution is 0.0940. The molecule has 1 atom stereocenters. The molecule has 0 saturated heterocycles. The Bertz CT molecular complexity index is 1910. The van der Waals surface area contributed by atoms with Crippen molar-refractivity contribution in [1.29, 1.82) is 0 Å². The van der Waals surface area contributed by atoms with E-state index < -0.39 is 11.9 Å². The van der Waals surface area contributed by atoms with Gasteiger partial charge in [-0.05, 0) is 42.8 Å². The molecule has 4 aromatic heterocycles. The Morgan fingerprint density at radius 3 is 2.74 bits per heavy atom. The predicted octanol–water partition coefficient (Wildman–Crippen LogP) is 4.13. The van der Waals surface area contributed by atoms with Crippen molar-refractivity contribution in [1.82, 2.24) is 34.4 Å². The van der Waals surface area contributed by atoms with Crippen LogP contribution in [0.2, 0.25) is 0 Å². The van der Waals surface area contributed by atoms with Gasteiger partial charge < -0.3 is 11.1 Å². The Kier molecular flexibility index (Phi) is 6.17. The summed E-state index contributed by atoms with van der Waals surface area (Å²) in [6.45, 7) is 1.77. The minimum atomic E-state index is -0.663. The van der Waals surface area contributed by atoms with Gasteiger partial charge in [0.15, 0.2) is 11.5 Å². The van der Waals surface area contributed by atoms with E-state index in [1.54, 1.807) is 43.2 Å². The van der Waals surface area contributed by atoms with Crippen LogP contribution in [-0.4, -0.2) is 35.0 Å². The molecule has 0 fully saturated rings. The number of carbonyl (C=O) groups is 1. The first-order valence-corrected chi connectivity index (χ1v) is 13.0. The summed E-state index contributed by atoms with van der Waals surface area (Å²) < 4.78 is 2.99. The van der Waals surface area contributed by atoms with Crippen molar-refractivity contribution >= 4 is 51.8 Å². The summed E-state index contributed by atoms with van der Waals surface area (Å²) in [5, 5.41) is 7.58. The van der Waals surface area contributed by atoms with Gasteiger partial charge in [0.2, 0.25) is 0 Å². The highest BCUT2D eigenvalue weighted by atomic mass is 32.1. The monoisotopic (exact) mass is 534 g/mol. The zero-order chi connectivity index (χ0) is 26.9. The highest BCUT2D eigenvalue weighted by Gasteiger charge is 2.24. The zero-order valence-electron chi connectivity index (χ0n) is 20.7. The number of hydrogen-bond donors (Lipinski definition) is 2. The molecule has 0 radical (unpaired) electrons. The van der Waals surface area contributed by atoms with Gasteiger partial charge in [0, 0.05) is 23.5 Å². The first-order valence-electron chi connectivity index (χ1n) is 12.1. The molecule has 0 aliphatic carbocycles. The van der Waals surface area contributed by atoms with Crippen molar-refractivity contribution in [3.05, 3.63) is 111 Å². The van der Waals surface area contributed by atoms with E-state index in [0.29, 0.717) is 28.1 Å². The van der Waals surface area contributed by atoms with Crippen molar-refractivity contribution < 1.29 is 4.79 Å². The summed E-state index contributed by atoms with van der Waals surface area (Å²) in [6.07, 6.45) is 8.80. The highest BCUT2D eigenvalue weighted by molar-refractivity contribution is 7.10. The average molecular weight is 535 g/mol. The van der Waals surface area contributed by atoms with Crippen LogP contribution in [0.1, 0.15) is 39.6 Å². The zero-order valence-corrected chi connectivity index (χ0v) is 21.5. The Morgan fingerprint density at radius 1 is 1.10 bits per heavy atom. The number of rotatable bonds is 6. The Balaban J connectivity index is 1.47. The molecule has 10 nitrogen and oxygen atoms in total. The van der Waals surface area contributed by atoms with E-state index in [9.17, 15) is 9.59 Å². The first kappa shape index (κ1) is 24.2. The number of nitrogens with one attached hydrogen (secondary N) is 1. The van der Waals surface area contributed by atoms with Gasteiger partial charge in [-0.2, -0.15) is 0 Å². The number of para-hydroxylation sites is 1. The largest absolute Gasteiger partial charge is 0.381 e. The van der Waals surface area contributed by atoms with E-state index in [4.69, 9.17) is 10.7 Å². The molecule has 2 aromatic carbocycles. The van der Waals surface area contributed by atoms with Gasteiger partial charge in [-0.15, -0.1) is 16.4 Å². The standard InChI is InChI=1S/C28H22N8O2S/c1-17(32-27(37)23-24(29)34-35-14-6-13-31-26(23)35)25-33-21-10-5-7-18(11-12-20-15-30-16-39-20)22(21)28(38)36(25)19-8-3-2-4-9-19/h2-17H,1H3,(H2,29,34)(H,32,37). The SMILES string of the molecule is CC(NC(=O)c1c(N)nn2cccnc12)c1nc2cccc(C=Cc3cncs3)c2c(=O)n1-c1ccccc1. The number of carbonyl (C=O) groups excluding carboxylic acids is 1. The number of nitrogens with zero attached hydrogens (tertiary/aromatic N) is 6. The minimum Gasteiger partial charge on any atom is -0.381 e. The summed E-state index contributed by atoms with van der Waals surface area (Å²) in [4.78, 5) is 41.7. The van der Waals surface area contributed by atoms with Crippen LogP contribution in [0, 0.1) is 0 Å². The lowest BCUT2D eigenvalue weighted by Gasteiger charge is -2.20. The fourth-order valence-electron chi connectivity index (χ4n) is 4.46. The summed E-state index contributed by atoms with van der Waals surface area (Å²) in [5.41, 5.74) is 9.94. The van der Waals surface area contributed by atoms with Crippen LogP contribution in [0.5, 0.6) is 0 Å². The highest BCUT2D eigenvalue weighted by Crippen LogP contribution is 2.23. The van der Waals surface area contributed by atoms with E-state index >= 15 is 0 Å². The molecular formula is C28H22N8O2S. The third kappa shape index (κ3) is 4.44. The number of benzene rings is 2. The van der Waals surface area contributed by atoms with Crippen LogP contribution in [0.25, 0.3) is 34.4 Å². The molecule has 3 N–H and O–H groups in total. The maximum atomic E-state index is 14.1. The maximum Gasteiger partial charge on any atom is 0.266 e. The molecule has 0 saturated carbocycles. The van der Waals surface area contributed by atoms with Crippen molar-refractivity contribution in [2.45, 2.75) is 13.0 Å². The Morgan fingerprint density at radius 2 is 1.95 bits per heavy atom. The second-order valence-corrected chi connectivity index (χ2v) is 9.69.